The standard InChI is InChI=1S/C24H23N3O4S/c1-2-31-19-12-10-17(11-13-19)25-22(28)15-21-23(29)27(18-7-4-3-5-8-18)24(30)26(21)16-20-9-6-14-32-20/h3-14,21H,2,15-16H2,1H3,(H,25,28)/t21-/m0/s1. The lowest BCUT2D eigenvalue weighted by Crippen LogP contribution is -2.37. The molecule has 0 bridgehead atoms. The highest BCUT2D eigenvalue weighted by molar-refractivity contribution is 7.09. The van der Waals surface area contributed by atoms with Gasteiger partial charge in [-0.25, -0.2) is 9.69 Å². The molecule has 1 aliphatic heterocycles. The summed E-state index contributed by atoms with van der Waals surface area (Å²) in [6, 6.07) is 18.3. The van der Waals surface area contributed by atoms with E-state index in [0.29, 0.717) is 23.7 Å². The summed E-state index contributed by atoms with van der Waals surface area (Å²) in [5, 5.41) is 4.72. The van der Waals surface area contributed by atoms with E-state index in [-0.39, 0.29) is 18.9 Å². The number of hydrogen-bond donors (Lipinski definition) is 1. The number of carbonyl (C=O) groups excluding carboxylic acids is 3. The average molecular weight is 450 g/mol. The van der Waals surface area contributed by atoms with Crippen LogP contribution in [0, 0.1) is 0 Å². The Hall–Kier alpha value is -3.65. The first-order valence-corrected chi connectivity index (χ1v) is 11.2. The molecule has 0 saturated carbocycles. The van der Waals surface area contributed by atoms with Gasteiger partial charge in [0.1, 0.15) is 11.8 Å². The Morgan fingerprint density at radius 1 is 1.03 bits per heavy atom. The highest BCUT2D eigenvalue weighted by atomic mass is 32.1. The van der Waals surface area contributed by atoms with E-state index in [0.717, 1.165) is 9.78 Å². The summed E-state index contributed by atoms with van der Waals surface area (Å²) in [5.74, 6) is -0.0336. The van der Waals surface area contributed by atoms with Gasteiger partial charge >= 0.3 is 6.03 Å². The third kappa shape index (κ3) is 4.65. The number of para-hydroxylation sites is 1. The van der Waals surface area contributed by atoms with Gasteiger partial charge in [0.05, 0.1) is 25.3 Å². The first kappa shape index (κ1) is 21.6. The molecule has 164 valence electrons. The summed E-state index contributed by atoms with van der Waals surface area (Å²) in [4.78, 5) is 42.8. The van der Waals surface area contributed by atoms with Crippen LogP contribution in [-0.2, 0) is 16.1 Å². The number of thiophene rings is 1. The maximum Gasteiger partial charge on any atom is 0.332 e. The number of urea groups is 1. The zero-order chi connectivity index (χ0) is 22.5. The lowest BCUT2D eigenvalue weighted by molar-refractivity contribution is -0.124. The van der Waals surface area contributed by atoms with Crippen LogP contribution in [0.1, 0.15) is 18.2 Å². The van der Waals surface area contributed by atoms with E-state index in [1.807, 2.05) is 30.5 Å². The fraction of sp³-hybridized carbons (Fsp3) is 0.208. The normalized spacial score (nSPS) is 15.8. The van der Waals surface area contributed by atoms with Crippen LogP contribution in [0.2, 0.25) is 0 Å². The third-order valence-electron chi connectivity index (χ3n) is 5.07. The number of hydrogen-bond acceptors (Lipinski definition) is 5. The second-order valence-electron chi connectivity index (χ2n) is 7.22. The lowest BCUT2D eigenvalue weighted by Gasteiger charge is -2.21. The summed E-state index contributed by atoms with van der Waals surface area (Å²) in [7, 11) is 0. The Morgan fingerprint density at radius 2 is 1.78 bits per heavy atom. The number of nitrogens with one attached hydrogen (secondary N) is 1. The summed E-state index contributed by atoms with van der Waals surface area (Å²) in [6.45, 7) is 2.73. The molecular formula is C24H23N3O4S. The summed E-state index contributed by atoms with van der Waals surface area (Å²) < 4.78 is 5.41. The molecule has 1 N–H and O–H groups in total. The topological polar surface area (TPSA) is 79.0 Å². The van der Waals surface area contributed by atoms with Crippen molar-refractivity contribution in [3.63, 3.8) is 0 Å². The molecule has 7 nitrogen and oxygen atoms in total. The van der Waals surface area contributed by atoms with Crippen molar-refractivity contribution < 1.29 is 19.1 Å². The SMILES string of the molecule is CCOc1ccc(NC(=O)C[C@H]2C(=O)N(c3ccccc3)C(=O)N2Cc2cccs2)cc1. The van der Waals surface area contributed by atoms with Gasteiger partial charge in [0.25, 0.3) is 5.91 Å². The lowest BCUT2D eigenvalue weighted by atomic mass is 10.1. The Balaban J connectivity index is 1.52. The van der Waals surface area contributed by atoms with E-state index < -0.39 is 18.0 Å². The number of ether oxygens (including phenoxy) is 1. The minimum atomic E-state index is -0.882. The van der Waals surface area contributed by atoms with Crippen LogP contribution in [-0.4, -0.2) is 35.4 Å². The van der Waals surface area contributed by atoms with Crippen molar-refractivity contribution in [2.45, 2.75) is 25.9 Å². The van der Waals surface area contributed by atoms with E-state index >= 15 is 0 Å². The molecule has 0 spiro atoms. The first-order valence-electron chi connectivity index (χ1n) is 10.3. The van der Waals surface area contributed by atoms with Crippen molar-refractivity contribution in [1.29, 1.82) is 0 Å². The molecular weight excluding hydrogens is 426 g/mol. The minimum Gasteiger partial charge on any atom is -0.494 e. The Kier molecular flexibility index (Phi) is 6.51. The van der Waals surface area contributed by atoms with Crippen LogP contribution in [0.25, 0.3) is 0 Å². The van der Waals surface area contributed by atoms with Gasteiger partial charge in [0.2, 0.25) is 5.91 Å². The highest BCUT2D eigenvalue weighted by Crippen LogP contribution is 2.29. The number of rotatable bonds is 8. The molecule has 1 atom stereocenters. The molecule has 2 aromatic carbocycles. The van der Waals surface area contributed by atoms with Crippen LogP contribution >= 0.6 is 11.3 Å². The van der Waals surface area contributed by atoms with Gasteiger partial charge in [-0.2, -0.15) is 0 Å². The number of imide groups is 1. The number of nitrogens with zero attached hydrogens (tertiary/aromatic N) is 2. The fourth-order valence-corrected chi connectivity index (χ4v) is 4.29. The van der Waals surface area contributed by atoms with Gasteiger partial charge < -0.3 is 15.0 Å². The molecule has 1 aliphatic rings. The molecule has 0 aliphatic carbocycles. The van der Waals surface area contributed by atoms with Crippen LogP contribution in [0.4, 0.5) is 16.2 Å². The quantitative estimate of drug-likeness (QED) is 0.513. The summed E-state index contributed by atoms with van der Waals surface area (Å²) >= 11 is 1.50. The average Bonchev–Trinajstić information content (AvgIpc) is 3.38. The van der Waals surface area contributed by atoms with Crippen LogP contribution in [0.3, 0.4) is 0 Å². The Labute approximate surface area is 190 Å². The van der Waals surface area contributed by atoms with Gasteiger partial charge in [0.15, 0.2) is 0 Å². The van der Waals surface area contributed by atoms with Crippen molar-refractivity contribution in [3.8, 4) is 5.75 Å². The largest absolute Gasteiger partial charge is 0.494 e. The smallest absolute Gasteiger partial charge is 0.332 e. The molecule has 3 aromatic rings. The fourth-order valence-electron chi connectivity index (χ4n) is 3.59. The molecule has 8 heteroatoms. The second-order valence-corrected chi connectivity index (χ2v) is 8.26. The van der Waals surface area contributed by atoms with E-state index in [4.69, 9.17) is 4.74 Å². The molecule has 2 heterocycles. The van der Waals surface area contributed by atoms with Gasteiger partial charge in [-0.15, -0.1) is 11.3 Å². The van der Waals surface area contributed by atoms with Gasteiger partial charge in [0, 0.05) is 10.6 Å². The molecule has 0 radical (unpaired) electrons. The second kappa shape index (κ2) is 9.65. The Bertz CT molecular complexity index is 1080. The number of benzene rings is 2. The van der Waals surface area contributed by atoms with Gasteiger partial charge in [-0.05, 0) is 54.8 Å². The third-order valence-corrected chi connectivity index (χ3v) is 5.93. The van der Waals surface area contributed by atoms with Crippen LogP contribution in [0.15, 0.2) is 72.1 Å². The zero-order valence-corrected chi connectivity index (χ0v) is 18.4. The van der Waals surface area contributed by atoms with Crippen molar-refractivity contribution in [2.24, 2.45) is 0 Å². The minimum absolute atomic E-state index is 0.132. The summed E-state index contributed by atoms with van der Waals surface area (Å²) in [5.41, 5.74) is 1.09. The van der Waals surface area contributed by atoms with E-state index in [1.54, 1.807) is 48.5 Å². The molecule has 1 aromatic heterocycles. The van der Waals surface area contributed by atoms with Crippen molar-refractivity contribution in [2.75, 3.05) is 16.8 Å². The van der Waals surface area contributed by atoms with Crippen molar-refractivity contribution >= 4 is 40.6 Å². The van der Waals surface area contributed by atoms with E-state index in [1.165, 1.54) is 16.2 Å². The number of amides is 4. The molecule has 0 unspecified atom stereocenters. The first-order chi connectivity index (χ1) is 15.6. The van der Waals surface area contributed by atoms with Crippen molar-refractivity contribution in [3.05, 3.63) is 77.0 Å². The van der Waals surface area contributed by atoms with E-state index in [2.05, 4.69) is 5.32 Å². The van der Waals surface area contributed by atoms with Gasteiger partial charge in [-0.1, -0.05) is 24.3 Å². The zero-order valence-electron chi connectivity index (χ0n) is 17.6. The van der Waals surface area contributed by atoms with Crippen molar-refractivity contribution in [1.82, 2.24) is 4.90 Å². The number of anilines is 2. The summed E-state index contributed by atoms with van der Waals surface area (Å²) in [6.07, 6.45) is -0.132. The van der Waals surface area contributed by atoms with E-state index in [9.17, 15) is 14.4 Å². The maximum absolute atomic E-state index is 13.2. The predicted octanol–water partition coefficient (Wildman–Crippen LogP) is 4.51. The molecule has 1 fully saturated rings. The van der Waals surface area contributed by atoms with Gasteiger partial charge in [-0.3, -0.25) is 9.59 Å². The number of carbonyl (C=O) groups is 3. The highest BCUT2D eigenvalue weighted by Gasteiger charge is 2.46. The molecule has 1 saturated heterocycles. The Morgan fingerprint density at radius 3 is 2.44 bits per heavy atom. The molecule has 4 rings (SSSR count). The monoisotopic (exact) mass is 449 g/mol. The van der Waals surface area contributed by atoms with Crippen LogP contribution < -0.4 is 15.0 Å². The molecule has 4 amide bonds. The predicted molar refractivity (Wildman–Crippen MR) is 124 cm³/mol. The van der Waals surface area contributed by atoms with Crippen LogP contribution in [0.5, 0.6) is 5.75 Å². The maximum atomic E-state index is 13.2. The molecule has 32 heavy (non-hydrogen) atoms.